The van der Waals surface area contributed by atoms with E-state index < -0.39 is 11.6 Å². The zero-order valence-corrected chi connectivity index (χ0v) is 16.6. The Balaban J connectivity index is 1.36. The number of rotatable bonds is 2. The van der Waals surface area contributed by atoms with Crippen LogP contribution in [0.25, 0.3) is 16.5 Å². The average Bonchev–Trinajstić information content (AvgIpc) is 3.16. The summed E-state index contributed by atoms with van der Waals surface area (Å²) >= 11 is 0. The lowest BCUT2D eigenvalue weighted by Gasteiger charge is -2.38. The van der Waals surface area contributed by atoms with Crippen LogP contribution in [0.5, 0.6) is 0 Å². The number of aromatic nitrogens is 1. The molecule has 6 heteroatoms. The van der Waals surface area contributed by atoms with Gasteiger partial charge in [0.2, 0.25) is 0 Å². The molecule has 1 aromatic heterocycles. The fraction of sp³-hybridized carbons (Fsp3) is 0.250. The van der Waals surface area contributed by atoms with Crippen LogP contribution in [0.4, 0.5) is 4.39 Å². The fourth-order valence-corrected chi connectivity index (χ4v) is 4.45. The summed E-state index contributed by atoms with van der Waals surface area (Å²) in [6.07, 6.45) is 4.95. The highest BCUT2D eigenvalue weighted by Gasteiger charge is 2.44. The van der Waals surface area contributed by atoms with Crippen molar-refractivity contribution in [1.82, 2.24) is 9.88 Å². The third-order valence-corrected chi connectivity index (χ3v) is 6.02. The van der Waals surface area contributed by atoms with Crippen molar-refractivity contribution in [3.63, 3.8) is 0 Å². The Morgan fingerprint density at radius 2 is 2.03 bits per heavy atom. The summed E-state index contributed by atoms with van der Waals surface area (Å²) in [5.41, 5.74) is 3.07. The SMILES string of the molecule is CC1(C(=O)N2CC=C(c3c[nH]c4cc(F)ccc34)CC2)Cc2ccccc2C(=O)O1. The number of hydrogen-bond acceptors (Lipinski definition) is 3. The second kappa shape index (κ2) is 6.83. The largest absolute Gasteiger partial charge is 0.445 e. The Morgan fingerprint density at radius 3 is 2.83 bits per heavy atom. The highest BCUT2D eigenvalue weighted by molar-refractivity contribution is 5.98. The van der Waals surface area contributed by atoms with Crippen LogP contribution in [-0.2, 0) is 16.0 Å². The van der Waals surface area contributed by atoms with Crippen LogP contribution in [-0.4, -0.2) is 40.5 Å². The summed E-state index contributed by atoms with van der Waals surface area (Å²) in [5.74, 6) is -0.907. The number of halogens is 1. The molecule has 1 N–H and O–H groups in total. The highest BCUT2D eigenvalue weighted by Crippen LogP contribution is 2.33. The van der Waals surface area contributed by atoms with Gasteiger partial charge in [0.15, 0.2) is 5.60 Å². The average molecular weight is 404 g/mol. The van der Waals surface area contributed by atoms with Crippen LogP contribution in [0, 0.1) is 5.82 Å². The summed E-state index contributed by atoms with van der Waals surface area (Å²) in [4.78, 5) is 30.5. The highest BCUT2D eigenvalue weighted by atomic mass is 19.1. The van der Waals surface area contributed by atoms with Crippen molar-refractivity contribution < 1.29 is 18.7 Å². The molecule has 1 amide bonds. The van der Waals surface area contributed by atoms with Gasteiger partial charge in [-0.2, -0.15) is 0 Å². The number of nitrogens with zero attached hydrogens (tertiary/aromatic N) is 1. The number of benzene rings is 2. The number of hydrogen-bond donors (Lipinski definition) is 1. The van der Waals surface area contributed by atoms with Crippen LogP contribution >= 0.6 is 0 Å². The predicted molar refractivity (Wildman–Crippen MR) is 111 cm³/mol. The third kappa shape index (κ3) is 3.00. The molecule has 0 saturated carbocycles. The van der Waals surface area contributed by atoms with Gasteiger partial charge in [-0.3, -0.25) is 4.79 Å². The van der Waals surface area contributed by atoms with Crippen LogP contribution < -0.4 is 0 Å². The number of fused-ring (bicyclic) bond motifs is 2. The monoisotopic (exact) mass is 404 g/mol. The first-order valence-corrected chi connectivity index (χ1v) is 10.0. The van der Waals surface area contributed by atoms with Gasteiger partial charge in [0.05, 0.1) is 5.56 Å². The van der Waals surface area contributed by atoms with Gasteiger partial charge in [-0.25, -0.2) is 9.18 Å². The zero-order valence-electron chi connectivity index (χ0n) is 16.6. The van der Waals surface area contributed by atoms with Crippen molar-refractivity contribution in [2.24, 2.45) is 0 Å². The third-order valence-electron chi connectivity index (χ3n) is 6.02. The fourth-order valence-electron chi connectivity index (χ4n) is 4.45. The molecule has 2 aliphatic heterocycles. The van der Waals surface area contributed by atoms with Crippen LogP contribution in [0.15, 0.2) is 54.7 Å². The van der Waals surface area contributed by atoms with Gasteiger partial charge >= 0.3 is 5.97 Å². The summed E-state index contributed by atoms with van der Waals surface area (Å²) in [5, 5.41) is 0.965. The maximum atomic E-state index is 13.4. The Labute approximate surface area is 173 Å². The molecule has 0 aliphatic carbocycles. The van der Waals surface area contributed by atoms with E-state index >= 15 is 0 Å². The molecule has 5 nitrogen and oxygen atoms in total. The lowest BCUT2D eigenvalue weighted by Crippen LogP contribution is -2.54. The van der Waals surface area contributed by atoms with Gasteiger partial charge < -0.3 is 14.6 Å². The van der Waals surface area contributed by atoms with Crippen molar-refractivity contribution in [1.29, 1.82) is 0 Å². The Morgan fingerprint density at radius 1 is 1.20 bits per heavy atom. The van der Waals surface area contributed by atoms with E-state index in [9.17, 15) is 14.0 Å². The first-order chi connectivity index (χ1) is 14.4. The summed E-state index contributed by atoms with van der Waals surface area (Å²) in [6.45, 7) is 2.67. The second-order valence-electron chi connectivity index (χ2n) is 8.08. The van der Waals surface area contributed by atoms with E-state index in [-0.39, 0.29) is 11.7 Å². The van der Waals surface area contributed by atoms with Crippen LogP contribution in [0.3, 0.4) is 0 Å². The molecule has 3 aromatic rings. The molecule has 3 heterocycles. The van der Waals surface area contributed by atoms with E-state index in [2.05, 4.69) is 4.98 Å². The normalized spacial score (nSPS) is 21.2. The summed E-state index contributed by atoms with van der Waals surface area (Å²) < 4.78 is 19.0. The predicted octanol–water partition coefficient (Wildman–Crippen LogP) is 4.09. The summed E-state index contributed by atoms with van der Waals surface area (Å²) in [6, 6.07) is 12.0. The number of carbonyl (C=O) groups is 2. The van der Waals surface area contributed by atoms with Gasteiger partial charge in [-0.05, 0) is 48.7 Å². The zero-order chi connectivity index (χ0) is 20.9. The number of H-pyrrole nitrogens is 1. The number of esters is 1. The molecule has 0 fully saturated rings. The Bertz CT molecular complexity index is 1210. The van der Waals surface area contributed by atoms with Crippen molar-refractivity contribution in [3.05, 3.63) is 77.2 Å². The quantitative estimate of drug-likeness (QED) is 0.655. The Kier molecular flexibility index (Phi) is 4.24. The molecular formula is C24H21FN2O3. The van der Waals surface area contributed by atoms with E-state index in [1.54, 1.807) is 30.0 Å². The van der Waals surface area contributed by atoms with E-state index in [1.165, 1.54) is 12.1 Å². The van der Waals surface area contributed by atoms with E-state index in [0.717, 1.165) is 27.6 Å². The smallest absolute Gasteiger partial charge is 0.339 e. The molecule has 0 spiro atoms. The van der Waals surface area contributed by atoms with Crippen LogP contribution in [0.1, 0.15) is 34.8 Å². The number of aromatic amines is 1. The molecule has 0 radical (unpaired) electrons. The number of cyclic esters (lactones) is 1. The molecule has 0 bridgehead atoms. The first kappa shape index (κ1) is 18.6. The number of ether oxygens (including phenoxy) is 1. The molecule has 2 aromatic carbocycles. The number of amides is 1. The molecule has 2 aliphatic rings. The molecular weight excluding hydrogens is 383 g/mol. The van der Waals surface area contributed by atoms with Gasteiger partial charge in [0.1, 0.15) is 5.82 Å². The number of carbonyl (C=O) groups excluding carboxylic acids is 2. The topological polar surface area (TPSA) is 62.4 Å². The van der Waals surface area contributed by atoms with Crippen molar-refractivity contribution in [2.45, 2.75) is 25.4 Å². The maximum Gasteiger partial charge on any atom is 0.339 e. The van der Waals surface area contributed by atoms with E-state index in [1.807, 2.05) is 24.4 Å². The summed E-state index contributed by atoms with van der Waals surface area (Å²) in [7, 11) is 0. The van der Waals surface area contributed by atoms with Gasteiger partial charge in [-0.15, -0.1) is 0 Å². The molecule has 30 heavy (non-hydrogen) atoms. The van der Waals surface area contributed by atoms with Crippen molar-refractivity contribution in [2.75, 3.05) is 13.1 Å². The number of nitrogens with one attached hydrogen (secondary N) is 1. The van der Waals surface area contributed by atoms with E-state index in [4.69, 9.17) is 4.74 Å². The van der Waals surface area contributed by atoms with Crippen molar-refractivity contribution in [3.8, 4) is 0 Å². The van der Waals surface area contributed by atoms with Gasteiger partial charge in [0.25, 0.3) is 5.91 Å². The van der Waals surface area contributed by atoms with Crippen LogP contribution in [0.2, 0.25) is 0 Å². The van der Waals surface area contributed by atoms with E-state index in [0.29, 0.717) is 31.5 Å². The maximum absolute atomic E-state index is 13.4. The molecule has 5 rings (SSSR count). The molecule has 1 unspecified atom stereocenters. The minimum atomic E-state index is -1.20. The second-order valence-corrected chi connectivity index (χ2v) is 8.08. The lowest BCUT2D eigenvalue weighted by molar-refractivity contribution is -0.150. The minimum absolute atomic E-state index is 0.179. The minimum Gasteiger partial charge on any atom is -0.445 e. The molecule has 0 saturated heterocycles. The van der Waals surface area contributed by atoms with Gasteiger partial charge in [0, 0.05) is 42.2 Å². The standard InChI is InChI=1S/C24H21FN2O3/c1-24(13-16-4-2-3-5-18(16)22(28)30-24)23(29)27-10-8-15(9-11-27)20-14-26-21-12-17(25)6-7-19(20)21/h2-8,12,14,26H,9-11,13H2,1H3. The van der Waals surface area contributed by atoms with Gasteiger partial charge in [-0.1, -0.05) is 24.3 Å². The first-order valence-electron chi connectivity index (χ1n) is 10.0. The molecule has 1 atom stereocenters. The lowest BCUT2D eigenvalue weighted by atomic mass is 9.88. The van der Waals surface area contributed by atoms with Crippen molar-refractivity contribution >= 4 is 28.4 Å². The Hall–Kier alpha value is -3.41. The molecule has 152 valence electrons.